The number of nitrogens with one attached hydrogen (secondary N) is 2. The Bertz CT molecular complexity index is 449. The van der Waals surface area contributed by atoms with Gasteiger partial charge in [-0.2, -0.15) is 13.9 Å². The van der Waals surface area contributed by atoms with Crippen LogP contribution >= 0.6 is 12.2 Å². The maximum atomic E-state index is 11.9. The Balaban J connectivity index is 2.44. The third-order valence-electron chi connectivity index (χ3n) is 1.89. The fourth-order valence-corrected chi connectivity index (χ4v) is 1.24. The van der Waals surface area contributed by atoms with Crippen molar-refractivity contribution in [3.63, 3.8) is 0 Å². The first-order valence-corrected chi connectivity index (χ1v) is 5.75. The lowest BCUT2D eigenvalue weighted by molar-refractivity contribution is -0.0498. The molecule has 0 bridgehead atoms. The lowest BCUT2D eigenvalue weighted by Gasteiger charge is -2.04. The molecule has 0 saturated heterocycles. The first-order valence-electron chi connectivity index (χ1n) is 5.34. The number of ether oxygens (including phenoxy) is 1. The van der Waals surface area contributed by atoms with Crippen LogP contribution in [-0.4, -0.2) is 24.5 Å². The SMILES string of the molecule is C=CCNC(=S)N/N=C\c1ccc(OC(F)F)cc1. The van der Waals surface area contributed by atoms with Gasteiger partial charge in [0.15, 0.2) is 5.11 Å². The zero-order valence-corrected chi connectivity index (χ0v) is 10.8. The molecular weight excluding hydrogens is 272 g/mol. The Morgan fingerprint density at radius 1 is 1.42 bits per heavy atom. The molecule has 1 aromatic rings. The average molecular weight is 285 g/mol. The summed E-state index contributed by atoms with van der Waals surface area (Å²) in [5, 5.41) is 7.09. The highest BCUT2D eigenvalue weighted by Crippen LogP contribution is 2.13. The smallest absolute Gasteiger partial charge is 0.387 e. The van der Waals surface area contributed by atoms with Crippen LogP contribution in [0.1, 0.15) is 5.56 Å². The van der Waals surface area contributed by atoms with Crippen molar-refractivity contribution in [1.29, 1.82) is 0 Å². The van der Waals surface area contributed by atoms with E-state index in [0.29, 0.717) is 11.7 Å². The van der Waals surface area contributed by atoms with Crippen LogP contribution in [0.2, 0.25) is 0 Å². The van der Waals surface area contributed by atoms with Crippen LogP contribution in [0.25, 0.3) is 0 Å². The molecular formula is C12H13F2N3OS. The minimum atomic E-state index is -2.82. The molecule has 0 spiro atoms. The van der Waals surface area contributed by atoms with Crippen molar-refractivity contribution in [2.75, 3.05) is 6.54 Å². The molecule has 0 unspecified atom stereocenters. The summed E-state index contributed by atoms with van der Waals surface area (Å²) < 4.78 is 28.1. The van der Waals surface area contributed by atoms with Crippen molar-refractivity contribution in [2.45, 2.75) is 6.61 Å². The third kappa shape index (κ3) is 6.46. The number of hydrogen-bond donors (Lipinski definition) is 2. The molecule has 102 valence electrons. The van der Waals surface area contributed by atoms with Gasteiger partial charge >= 0.3 is 6.61 Å². The summed E-state index contributed by atoms with van der Waals surface area (Å²) in [6.07, 6.45) is 3.17. The summed E-state index contributed by atoms with van der Waals surface area (Å²) in [6, 6.07) is 6.07. The lowest BCUT2D eigenvalue weighted by atomic mass is 10.2. The van der Waals surface area contributed by atoms with Gasteiger partial charge in [-0.05, 0) is 42.0 Å². The molecule has 0 saturated carbocycles. The first-order chi connectivity index (χ1) is 9.11. The first kappa shape index (κ1) is 15.0. The summed E-state index contributed by atoms with van der Waals surface area (Å²) in [7, 11) is 0. The Morgan fingerprint density at radius 2 is 2.11 bits per heavy atom. The van der Waals surface area contributed by atoms with Crippen molar-refractivity contribution in [3.8, 4) is 5.75 Å². The maximum absolute atomic E-state index is 11.9. The highest BCUT2D eigenvalue weighted by Gasteiger charge is 2.02. The van der Waals surface area contributed by atoms with Gasteiger partial charge in [0.25, 0.3) is 0 Å². The number of nitrogens with zero attached hydrogens (tertiary/aromatic N) is 1. The summed E-state index contributed by atoms with van der Waals surface area (Å²) in [5.41, 5.74) is 3.33. The van der Waals surface area contributed by atoms with E-state index in [0.717, 1.165) is 5.56 Å². The van der Waals surface area contributed by atoms with E-state index in [1.807, 2.05) is 0 Å². The van der Waals surface area contributed by atoms with Crippen molar-refractivity contribution >= 4 is 23.5 Å². The van der Waals surface area contributed by atoms with Gasteiger partial charge in [0.05, 0.1) is 6.21 Å². The molecule has 0 heterocycles. The molecule has 0 radical (unpaired) electrons. The molecule has 0 amide bonds. The summed E-state index contributed by atoms with van der Waals surface area (Å²) in [6.45, 7) is 1.25. The standard InChI is InChI=1S/C12H13F2N3OS/c1-2-7-15-12(19)17-16-8-9-3-5-10(6-4-9)18-11(13)14/h2-6,8,11H,1,7H2,(H2,15,17,19)/b16-8-. The second kappa shape index (κ2) is 8.15. The third-order valence-corrected chi connectivity index (χ3v) is 2.13. The quantitative estimate of drug-likeness (QED) is 0.364. The highest BCUT2D eigenvalue weighted by atomic mass is 32.1. The fraction of sp³-hybridized carbons (Fsp3) is 0.167. The normalized spacial score (nSPS) is 10.5. The Labute approximate surface area is 115 Å². The fourth-order valence-electron chi connectivity index (χ4n) is 1.11. The number of benzene rings is 1. The van der Waals surface area contributed by atoms with E-state index in [1.54, 1.807) is 18.2 Å². The number of alkyl halides is 2. The molecule has 0 aliphatic rings. The Kier molecular flexibility index (Phi) is 6.45. The maximum Gasteiger partial charge on any atom is 0.387 e. The number of halogens is 2. The van der Waals surface area contributed by atoms with Crippen LogP contribution in [0.5, 0.6) is 5.75 Å². The molecule has 0 aromatic heterocycles. The van der Waals surface area contributed by atoms with Gasteiger partial charge in [-0.1, -0.05) is 6.08 Å². The van der Waals surface area contributed by atoms with Gasteiger partial charge in [-0.15, -0.1) is 6.58 Å². The largest absolute Gasteiger partial charge is 0.435 e. The predicted molar refractivity (Wildman–Crippen MR) is 74.6 cm³/mol. The van der Waals surface area contributed by atoms with Crippen LogP contribution in [0.4, 0.5) is 8.78 Å². The zero-order chi connectivity index (χ0) is 14.1. The molecule has 1 aromatic carbocycles. The molecule has 7 heteroatoms. The Hall–Kier alpha value is -2.02. The van der Waals surface area contributed by atoms with Crippen molar-refractivity contribution < 1.29 is 13.5 Å². The molecule has 4 nitrogen and oxygen atoms in total. The van der Waals surface area contributed by atoms with Crippen LogP contribution in [0.15, 0.2) is 42.0 Å². The Morgan fingerprint density at radius 3 is 2.68 bits per heavy atom. The van der Waals surface area contributed by atoms with E-state index in [4.69, 9.17) is 12.2 Å². The van der Waals surface area contributed by atoms with E-state index in [9.17, 15) is 8.78 Å². The predicted octanol–water partition coefficient (Wildman–Crippen LogP) is 2.27. The molecule has 0 atom stereocenters. The van der Waals surface area contributed by atoms with Gasteiger partial charge in [0.2, 0.25) is 0 Å². The molecule has 19 heavy (non-hydrogen) atoms. The lowest BCUT2D eigenvalue weighted by Crippen LogP contribution is -2.31. The summed E-state index contributed by atoms with van der Waals surface area (Å²) in [5.74, 6) is 0.100. The number of thiocarbonyl (C=S) groups is 1. The summed E-state index contributed by atoms with van der Waals surface area (Å²) in [4.78, 5) is 0. The second-order valence-electron chi connectivity index (χ2n) is 3.32. The molecule has 0 aliphatic carbocycles. The van der Waals surface area contributed by atoms with Crippen molar-refractivity contribution in [1.82, 2.24) is 10.7 Å². The average Bonchev–Trinajstić information content (AvgIpc) is 2.38. The van der Waals surface area contributed by atoms with E-state index in [-0.39, 0.29) is 5.75 Å². The number of rotatable bonds is 6. The van der Waals surface area contributed by atoms with Crippen molar-refractivity contribution in [3.05, 3.63) is 42.5 Å². The van der Waals surface area contributed by atoms with Crippen LogP contribution < -0.4 is 15.5 Å². The zero-order valence-electron chi connectivity index (χ0n) is 9.98. The number of hydrazone groups is 1. The van der Waals surface area contributed by atoms with Gasteiger partial charge < -0.3 is 10.1 Å². The summed E-state index contributed by atoms with van der Waals surface area (Å²) >= 11 is 4.92. The van der Waals surface area contributed by atoms with Crippen molar-refractivity contribution in [2.24, 2.45) is 5.10 Å². The second-order valence-corrected chi connectivity index (χ2v) is 3.72. The van der Waals surface area contributed by atoms with Gasteiger partial charge in [0.1, 0.15) is 5.75 Å². The van der Waals surface area contributed by atoms with Crippen LogP contribution in [0, 0.1) is 0 Å². The van der Waals surface area contributed by atoms with Gasteiger partial charge in [0, 0.05) is 6.54 Å². The van der Waals surface area contributed by atoms with E-state index < -0.39 is 6.61 Å². The minimum Gasteiger partial charge on any atom is -0.435 e. The van der Waals surface area contributed by atoms with E-state index in [2.05, 4.69) is 27.2 Å². The number of hydrogen-bond acceptors (Lipinski definition) is 3. The minimum absolute atomic E-state index is 0.100. The highest BCUT2D eigenvalue weighted by molar-refractivity contribution is 7.80. The van der Waals surface area contributed by atoms with Gasteiger partial charge in [-0.25, -0.2) is 0 Å². The van der Waals surface area contributed by atoms with Crippen LogP contribution in [-0.2, 0) is 0 Å². The van der Waals surface area contributed by atoms with E-state index >= 15 is 0 Å². The van der Waals surface area contributed by atoms with Gasteiger partial charge in [-0.3, -0.25) is 5.43 Å². The van der Waals surface area contributed by atoms with E-state index in [1.165, 1.54) is 18.3 Å². The topological polar surface area (TPSA) is 45.7 Å². The molecule has 0 aliphatic heterocycles. The monoisotopic (exact) mass is 285 g/mol. The molecule has 1 rings (SSSR count). The van der Waals surface area contributed by atoms with Crippen LogP contribution in [0.3, 0.4) is 0 Å². The molecule has 0 fully saturated rings. The molecule has 2 N–H and O–H groups in total.